The Balaban J connectivity index is 1.32. The molecule has 0 saturated carbocycles. The van der Waals surface area contributed by atoms with Gasteiger partial charge in [-0.1, -0.05) is 30.3 Å². The number of para-hydroxylation sites is 2. The molecule has 164 valence electrons. The summed E-state index contributed by atoms with van der Waals surface area (Å²) in [5.74, 6) is -0.496. The number of urea groups is 1. The van der Waals surface area contributed by atoms with Crippen molar-refractivity contribution in [3.8, 4) is 0 Å². The molecule has 1 aliphatic carbocycles. The molecule has 1 unspecified atom stereocenters. The van der Waals surface area contributed by atoms with Crippen LogP contribution in [0.3, 0.4) is 0 Å². The summed E-state index contributed by atoms with van der Waals surface area (Å²) in [4.78, 5) is 24.9. The number of nitrogen functional groups attached to an aromatic ring is 1. The summed E-state index contributed by atoms with van der Waals surface area (Å²) in [7, 11) is 0. The van der Waals surface area contributed by atoms with E-state index in [-0.39, 0.29) is 23.8 Å². The number of carbonyl (C=O) groups is 2. The van der Waals surface area contributed by atoms with Gasteiger partial charge in [-0.2, -0.15) is 0 Å². The number of nitrogens with one attached hydrogen (secondary N) is 3. The molecule has 4 rings (SSSR count). The standard InChI is InChI=1S/C25H25FN4O2/c26-19-9-5-16(6-10-19)13-14-28-25(32)30-22-12-8-17-15-18(7-11-20(17)22)24(31)29-23-4-2-1-3-21(23)27/h1-7,9-11,15,22H,8,12-14,27H2,(H,29,31)(H2,28,30,32). The average Bonchev–Trinajstić information content (AvgIpc) is 3.18. The number of anilines is 2. The Bertz CT molecular complexity index is 1130. The number of benzene rings is 3. The number of fused-ring (bicyclic) bond motifs is 1. The van der Waals surface area contributed by atoms with Crippen LogP contribution in [0.15, 0.2) is 66.7 Å². The van der Waals surface area contributed by atoms with Gasteiger partial charge >= 0.3 is 6.03 Å². The van der Waals surface area contributed by atoms with Crippen molar-refractivity contribution >= 4 is 23.3 Å². The quantitative estimate of drug-likeness (QED) is 0.440. The highest BCUT2D eigenvalue weighted by molar-refractivity contribution is 6.05. The lowest BCUT2D eigenvalue weighted by atomic mass is 10.0. The minimum atomic E-state index is -0.274. The molecular weight excluding hydrogens is 407 g/mol. The first-order valence-corrected chi connectivity index (χ1v) is 10.6. The first-order valence-electron chi connectivity index (χ1n) is 10.6. The summed E-state index contributed by atoms with van der Waals surface area (Å²) in [6.45, 7) is 0.457. The fraction of sp³-hybridized carbons (Fsp3) is 0.200. The van der Waals surface area contributed by atoms with E-state index < -0.39 is 0 Å². The fourth-order valence-corrected chi connectivity index (χ4v) is 3.89. The van der Waals surface area contributed by atoms with Gasteiger partial charge < -0.3 is 21.7 Å². The number of nitrogens with two attached hydrogens (primary N) is 1. The summed E-state index contributed by atoms with van der Waals surface area (Å²) in [5.41, 5.74) is 10.6. The van der Waals surface area contributed by atoms with Crippen molar-refractivity contribution in [3.63, 3.8) is 0 Å². The molecule has 0 bridgehead atoms. The number of hydrogen-bond donors (Lipinski definition) is 4. The zero-order valence-electron chi connectivity index (χ0n) is 17.5. The summed E-state index contributed by atoms with van der Waals surface area (Å²) < 4.78 is 13.0. The van der Waals surface area contributed by atoms with Crippen molar-refractivity contribution in [1.82, 2.24) is 10.6 Å². The third-order valence-corrected chi connectivity index (χ3v) is 5.61. The molecule has 0 radical (unpaired) electrons. The van der Waals surface area contributed by atoms with Crippen LogP contribution in [0, 0.1) is 5.82 Å². The second-order valence-corrected chi connectivity index (χ2v) is 7.82. The predicted octanol–water partition coefficient (Wildman–Crippen LogP) is 4.19. The van der Waals surface area contributed by atoms with Gasteiger partial charge in [-0.05, 0) is 72.4 Å². The van der Waals surface area contributed by atoms with E-state index in [1.165, 1.54) is 12.1 Å². The minimum Gasteiger partial charge on any atom is -0.397 e. The Morgan fingerprint density at radius 1 is 1.03 bits per heavy atom. The van der Waals surface area contributed by atoms with E-state index in [0.717, 1.165) is 29.5 Å². The van der Waals surface area contributed by atoms with Crippen LogP contribution in [0.25, 0.3) is 0 Å². The molecule has 0 saturated heterocycles. The monoisotopic (exact) mass is 432 g/mol. The zero-order chi connectivity index (χ0) is 22.5. The van der Waals surface area contributed by atoms with Crippen molar-refractivity contribution in [1.29, 1.82) is 0 Å². The van der Waals surface area contributed by atoms with Crippen molar-refractivity contribution in [2.75, 3.05) is 17.6 Å². The molecule has 5 N–H and O–H groups in total. The van der Waals surface area contributed by atoms with Gasteiger partial charge in [0.15, 0.2) is 0 Å². The van der Waals surface area contributed by atoms with Crippen LogP contribution < -0.4 is 21.7 Å². The van der Waals surface area contributed by atoms with E-state index in [1.54, 1.807) is 30.3 Å². The third-order valence-electron chi connectivity index (χ3n) is 5.61. The maximum Gasteiger partial charge on any atom is 0.315 e. The van der Waals surface area contributed by atoms with Crippen molar-refractivity contribution in [2.24, 2.45) is 0 Å². The Kier molecular flexibility index (Phi) is 6.35. The maximum atomic E-state index is 13.0. The summed E-state index contributed by atoms with van der Waals surface area (Å²) in [5, 5.41) is 8.68. The molecule has 0 fully saturated rings. The normalized spacial score (nSPS) is 14.5. The van der Waals surface area contributed by atoms with Gasteiger partial charge in [0.1, 0.15) is 5.82 Å². The molecule has 3 aromatic carbocycles. The van der Waals surface area contributed by atoms with Crippen molar-refractivity contribution < 1.29 is 14.0 Å². The van der Waals surface area contributed by atoms with E-state index in [9.17, 15) is 14.0 Å². The van der Waals surface area contributed by atoms with Gasteiger partial charge in [-0.15, -0.1) is 0 Å². The average molecular weight is 432 g/mol. The SMILES string of the molecule is Nc1ccccc1NC(=O)c1ccc2c(c1)CCC2NC(=O)NCCc1ccc(F)cc1. The van der Waals surface area contributed by atoms with Gasteiger partial charge in [-0.25, -0.2) is 9.18 Å². The Morgan fingerprint density at radius 3 is 2.59 bits per heavy atom. The lowest BCUT2D eigenvalue weighted by molar-refractivity contribution is 0.102. The Labute approximate surface area is 186 Å². The van der Waals surface area contributed by atoms with Gasteiger partial charge in [0.25, 0.3) is 5.91 Å². The minimum absolute atomic E-state index is 0.0994. The Morgan fingerprint density at radius 2 is 1.81 bits per heavy atom. The Hall–Kier alpha value is -3.87. The van der Waals surface area contributed by atoms with Gasteiger partial charge in [-0.3, -0.25) is 4.79 Å². The molecule has 0 aliphatic heterocycles. The zero-order valence-corrected chi connectivity index (χ0v) is 17.5. The molecular formula is C25H25FN4O2. The fourth-order valence-electron chi connectivity index (χ4n) is 3.89. The number of rotatable bonds is 6. The molecule has 0 spiro atoms. The molecule has 32 heavy (non-hydrogen) atoms. The second-order valence-electron chi connectivity index (χ2n) is 7.82. The molecule has 3 amide bonds. The van der Waals surface area contributed by atoms with Crippen molar-refractivity contribution in [3.05, 3.63) is 94.8 Å². The van der Waals surface area contributed by atoms with Crippen LogP contribution in [0.4, 0.5) is 20.6 Å². The summed E-state index contributed by atoms with van der Waals surface area (Å²) in [6.07, 6.45) is 2.18. The number of carbonyl (C=O) groups excluding carboxylic acids is 2. The van der Waals surface area contributed by atoms with Crippen LogP contribution in [-0.2, 0) is 12.8 Å². The first-order chi connectivity index (χ1) is 15.5. The molecule has 7 heteroatoms. The van der Waals surface area contributed by atoms with E-state index in [0.29, 0.717) is 29.9 Å². The predicted molar refractivity (Wildman–Crippen MR) is 123 cm³/mol. The highest BCUT2D eigenvalue weighted by Gasteiger charge is 2.25. The van der Waals surface area contributed by atoms with Gasteiger partial charge in [0.2, 0.25) is 0 Å². The molecule has 1 aliphatic rings. The molecule has 0 heterocycles. The second kappa shape index (κ2) is 9.51. The summed E-state index contributed by atoms with van der Waals surface area (Å²) >= 11 is 0. The maximum absolute atomic E-state index is 13.0. The van der Waals surface area contributed by atoms with E-state index in [2.05, 4.69) is 16.0 Å². The van der Waals surface area contributed by atoms with Crippen LogP contribution in [0.1, 0.15) is 39.5 Å². The molecule has 3 aromatic rings. The summed E-state index contributed by atoms with van der Waals surface area (Å²) in [6, 6.07) is 18.6. The van der Waals surface area contributed by atoms with Crippen LogP contribution in [0.5, 0.6) is 0 Å². The van der Waals surface area contributed by atoms with Crippen LogP contribution >= 0.6 is 0 Å². The van der Waals surface area contributed by atoms with Gasteiger partial charge in [0.05, 0.1) is 17.4 Å². The highest BCUT2D eigenvalue weighted by atomic mass is 19.1. The molecule has 1 atom stereocenters. The van der Waals surface area contributed by atoms with Crippen LogP contribution in [-0.4, -0.2) is 18.5 Å². The molecule has 0 aromatic heterocycles. The third kappa shape index (κ3) is 5.06. The number of halogens is 1. The number of hydrogen-bond acceptors (Lipinski definition) is 3. The smallest absolute Gasteiger partial charge is 0.315 e. The van der Waals surface area contributed by atoms with Gasteiger partial charge in [0, 0.05) is 12.1 Å². The van der Waals surface area contributed by atoms with Crippen molar-refractivity contribution in [2.45, 2.75) is 25.3 Å². The largest absolute Gasteiger partial charge is 0.397 e. The topological polar surface area (TPSA) is 96.2 Å². The van der Waals surface area contributed by atoms with Crippen LogP contribution in [0.2, 0.25) is 0 Å². The number of aryl methyl sites for hydroxylation is 1. The van der Waals surface area contributed by atoms with E-state index in [1.807, 2.05) is 24.3 Å². The molecule has 6 nitrogen and oxygen atoms in total. The van der Waals surface area contributed by atoms with E-state index >= 15 is 0 Å². The van der Waals surface area contributed by atoms with E-state index in [4.69, 9.17) is 5.73 Å². The first kappa shape index (κ1) is 21.4. The lowest BCUT2D eigenvalue weighted by Crippen LogP contribution is -2.38. The highest BCUT2D eigenvalue weighted by Crippen LogP contribution is 2.32. The lowest BCUT2D eigenvalue weighted by Gasteiger charge is -2.15. The number of amides is 3.